The number of rotatable bonds is 5. The molecule has 0 unspecified atom stereocenters. The van der Waals surface area contributed by atoms with Gasteiger partial charge in [0.05, 0.1) is 19.1 Å². The topological polar surface area (TPSA) is 56.2 Å². The third-order valence-electron chi connectivity index (χ3n) is 2.44. The Morgan fingerprint density at radius 2 is 2.31 bits per heavy atom. The van der Waals surface area contributed by atoms with E-state index >= 15 is 0 Å². The molecule has 1 N–H and O–H groups in total. The normalized spacial score (nSPS) is 11.5. The van der Waals surface area contributed by atoms with Crippen LogP contribution in [0.4, 0.5) is 0 Å². The smallest absolute Gasteiger partial charge is 0.313 e. The van der Waals surface area contributed by atoms with E-state index in [9.17, 15) is 4.79 Å². The number of carbonyl (C=O) groups is 1. The molecule has 0 saturated carbocycles. The third kappa shape index (κ3) is 2.82. The highest BCUT2D eigenvalue weighted by Crippen LogP contribution is 2.20. The van der Waals surface area contributed by atoms with Gasteiger partial charge in [0.1, 0.15) is 5.82 Å². The number of nitrogens with zero attached hydrogens (tertiary/aromatic N) is 2. The molecule has 1 aromatic heterocycles. The van der Waals surface area contributed by atoms with Crippen molar-refractivity contribution in [1.29, 1.82) is 0 Å². The van der Waals surface area contributed by atoms with Gasteiger partial charge in [0.25, 0.3) is 0 Å². The van der Waals surface area contributed by atoms with Crippen molar-refractivity contribution in [1.82, 2.24) is 14.9 Å². The summed E-state index contributed by atoms with van der Waals surface area (Å²) in [5, 5.41) is 3.04. The summed E-state index contributed by atoms with van der Waals surface area (Å²) in [5.41, 5.74) is -0.544. The monoisotopic (exact) mass is 225 g/mol. The minimum absolute atomic E-state index is 0.211. The average molecular weight is 225 g/mol. The lowest BCUT2D eigenvalue weighted by molar-refractivity contribution is -0.151. The molecule has 0 bridgehead atoms. The van der Waals surface area contributed by atoms with E-state index < -0.39 is 5.41 Å². The fourth-order valence-corrected chi connectivity index (χ4v) is 1.58. The number of esters is 1. The zero-order valence-corrected chi connectivity index (χ0v) is 10.3. The zero-order chi connectivity index (χ0) is 12.2. The van der Waals surface area contributed by atoms with Crippen molar-refractivity contribution >= 4 is 5.97 Å². The number of hydrogen-bond acceptors (Lipinski definition) is 4. The van der Waals surface area contributed by atoms with Gasteiger partial charge in [-0.25, -0.2) is 4.98 Å². The summed E-state index contributed by atoms with van der Waals surface area (Å²) in [6.07, 6.45) is 3.61. The van der Waals surface area contributed by atoms with Crippen molar-refractivity contribution in [2.24, 2.45) is 5.41 Å². The third-order valence-corrected chi connectivity index (χ3v) is 2.44. The molecule has 90 valence electrons. The van der Waals surface area contributed by atoms with Crippen LogP contribution in [0.25, 0.3) is 0 Å². The van der Waals surface area contributed by atoms with E-state index in [1.807, 2.05) is 31.7 Å². The summed E-state index contributed by atoms with van der Waals surface area (Å²) in [7, 11) is 3.27. The summed E-state index contributed by atoms with van der Waals surface area (Å²) in [5.74, 6) is 0.705. The molecule has 1 heterocycles. The molecule has 5 nitrogen and oxygen atoms in total. The van der Waals surface area contributed by atoms with Crippen molar-refractivity contribution in [2.75, 3.05) is 14.2 Å². The van der Waals surface area contributed by atoms with E-state index in [2.05, 4.69) is 10.3 Å². The standard InChI is InChI=1S/C11H19N3O2/c1-11(2,10(15)16-4)8-14-6-5-13-9(14)7-12-3/h5-6,12H,7-8H2,1-4H3. The number of carbonyl (C=O) groups excluding carboxylic acids is 1. The van der Waals surface area contributed by atoms with E-state index in [-0.39, 0.29) is 5.97 Å². The number of imidazole rings is 1. The van der Waals surface area contributed by atoms with E-state index in [4.69, 9.17) is 4.74 Å². The fraction of sp³-hybridized carbons (Fsp3) is 0.636. The predicted octanol–water partition coefficient (Wildman–Crippen LogP) is 0.802. The van der Waals surface area contributed by atoms with Crippen LogP contribution < -0.4 is 5.32 Å². The number of nitrogens with one attached hydrogen (secondary N) is 1. The van der Waals surface area contributed by atoms with Crippen LogP contribution in [0.15, 0.2) is 12.4 Å². The predicted molar refractivity (Wildman–Crippen MR) is 60.8 cm³/mol. The highest BCUT2D eigenvalue weighted by molar-refractivity contribution is 5.75. The highest BCUT2D eigenvalue weighted by atomic mass is 16.5. The summed E-state index contributed by atoms with van der Waals surface area (Å²) in [4.78, 5) is 15.8. The Hall–Kier alpha value is -1.36. The minimum atomic E-state index is -0.544. The summed E-state index contributed by atoms with van der Waals surface area (Å²) in [6, 6.07) is 0. The summed E-state index contributed by atoms with van der Waals surface area (Å²) in [6.45, 7) is 4.98. The second-order valence-electron chi connectivity index (χ2n) is 4.38. The first kappa shape index (κ1) is 12.7. The van der Waals surface area contributed by atoms with Gasteiger partial charge < -0.3 is 14.6 Å². The fourth-order valence-electron chi connectivity index (χ4n) is 1.58. The van der Waals surface area contributed by atoms with Crippen LogP contribution in [-0.4, -0.2) is 29.7 Å². The van der Waals surface area contributed by atoms with Crippen LogP contribution >= 0.6 is 0 Å². The quantitative estimate of drug-likeness (QED) is 0.753. The largest absolute Gasteiger partial charge is 0.469 e. The van der Waals surface area contributed by atoms with Crippen LogP contribution in [0.1, 0.15) is 19.7 Å². The molecule has 16 heavy (non-hydrogen) atoms. The Kier molecular flexibility index (Phi) is 4.06. The molecule has 0 aliphatic heterocycles. The van der Waals surface area contributed by atoms with Gasteiger partial charge in [-0.15, -0.1) is 0 Å². The number of methoxy groups -OCH3 is 1. The van der Waals surface area contributed by atoms with E-state index in [1.165, 1.54) is 7.11 Å². The van der Waals surface area contributed by atoms with Crippen LogP contribution in [0, 0.1) is 5.41 Å². The molecule has 0 fully saturated rings. The molecule has 0 aliphatic rings. The van der Waals surface area contributed by atoms with Gasteiger partial charge in [-0.3, -0.25) is 4.79 Å². The van der Waals surface area contributed by atoms with Gasteiger partial charge in [-0.05, 0) is 20.9 Å². The van der Waals surface area contributed by atoms with Gasteiger partial charge in [0.15, 0.2) is 0 Å². The van der Waals surface area contributed by atoms with Crippen molar-refractivity contribution < 1.29 is 9.53 Å². The van der Waals surface area contributed by atoms with Gasteiger partial charge in [-0.1, -0.05) is 0 Å². The van der Waals surface area contributed by atoms with Crippen molar-refractivity contribution in [2.45, 2.75) is 26.9 Å². The molecule has 0 aromatic carbocycles. The summed E-state index contributed by atoms with van der Waals surface area (Å²) >= 11 is 0. The second-order valence-corrected chi connectivity index (χ2v) is 4.38. The molecular weight excluding hydrogens is 206 g/mol. The van der Waals surface area contributed by atoms with Crippen LogP contribution in [-0.2, 0) is 22.6 Å². The van der Waals surface area contributed by atoms with Crippen molar-refractivity contribution in [3.05, 3.63) is 18.2 Å². The first-order chi connectivity index (χ1) is 7.51. The first-order valence-corrected chi connectivity index (χ1v) is 5.24. The Labute approximate surface area is 95.8 Å². The highest BCUT2D eigenvalue weighted by Gasteiger charge is 2.29. The second kappa shape index (κ2) is 5.12. The number of ether oxygens (including phenoxy) is 1. The molecule has 5 heteroatoms. The number of hydrogen-bond donors (Lipinski definition) is 1. The van der Waals surface area contributed by atoms with E-state index in [0.29, 0.717) is 13.1 Å². The average Bonchev–Trinajstić information content (AvgIpc) is 2.64. The Morgan fingerprint density at radius 1 is 1.62 bits per heavy atom. The molecule has 1 aromatic rings. The minimum Gasteiger partial charge on any atom is -0.469 e. The Bertz CT molecular complexity index is 358. The van der Waals surface area contributed by atoms with Crippen LogP contribution in [0.3, 0.4) is 0 Å². The van der Waals surface area contributed by atoms with Gasteiger partial charge in [-0.2, -0.15) is 0 Å². The summed E-state index contributed by atoms with van der Waals surface area (Å²) < 4.78 is 6.74. The maximum Gasteiger partial charge on any atom is 0.313 e. The molecule has 0 spiro atoms. The lowest BCUT2D eigenvalue weighted by Crippen LogP contribution is -2.31. The molecule has 0 amide bonds. The maximum atomic E-state index is 11.6. The molecule has 0 radical (unpaired) electrons. The molecular formula is C11H19N3O2. The number of aromatic nitrogens is 2. The molecule has 0 aliphatic carbocycles. The Balaban J connectivity index is 2.79. The zero-order valence-electron chi connectivity index (χ0n) is 10.3. The van der Waals surface area contributed by atoms with Gasteiger partial charge in [0.2, 0.25) is 0 Å². The Morgan fingerprint density at radius 3 is 2.88 bits per heavy atom. The van der Waals surface area contributed by atoms with Crippen molar-refractivity contribution in [3.63, 3.8) is 0 Å². The molecule has 0 saturated heterocycles. The lowest BCUT2D eigenvalue weighted by atomic mass is 9.93. The van der Waals surface area contributed by atoms with E-state index in [0.717, 1.165) is 5.82 Å². The first-order valence-electron chi connectivity index (χ1n) is 5.24. The van der Waals surface area contributed by atoms with Crippen LogP contribution in [0.2, 0.25) is 0 Å². The van der Waals surface area contributed by atoms with Crippen molar-refractivity contribution in [3.8, 4) is 0 Å². The molecule has 0 atom stereocenters. The molecule has 1 rings (SSSR count). The van der Waals surface area contributed by atoms with Gasteiger partial charge in [0, 0.05) is 18.9 Å². The maximum absolute atomic E-state index is 11.6. The van der Waals surface area contributed by atoms with E-state index in [1.54, 1.807) is 6.20 Å². The lowest BCUT2D eigenvalue weighted by Gasteiger charge is -2.22. The van der Waals surface area contributed by atoms with Gasteiger partial charge >= 0.3 is 5.97 Å². The van der Waals surface area contributed by atoms with Crippen LogP contribution in [0.5, 0.6) is 0 Å². The SMILES string of the molecule is CNCc1nccn1CC(C)(C)C(=O)OC.